The molecule has 0 bridgehead atoms. The lowest BCUT2D eigenvalue weighted by molar-refractivity contribution is -0.274. The van der Waals surface area contributed by atoms with Gasteiger partial charge in [0.1, 0.15) is 11.0 Å². The van der Waals surface area contributed by atoms with E-state index in [9.17, 15) is 22.8 Å². The lowest BCUT2D eigenvalue weighted by Gasteiger charge is -2.11. The van der Waals surface area contributed by atoms with Crippen molar-refractivity contribution in [3.8, 4) is 5.75 Å². The molecule has 6 nitrogen and oxygen atoms in total. The average Bonchev–Trinajstić information content (AvgIpc) is 2.75. The molecular formula is C14H14F3N3O3S. The van der Waals surface area contributed by atoms with Gasteiger partial charge >= 0.3 is 6.36 Å². The molecule has 1 atom stereocenters. The minimum atomic E-state index is -4.77. The third-order valence-electron chi connectivity index (χ3n) is 3.07. The molecule has 1 heterocycles. The first kappa shape index (κ1) is 18.1. The van der Waals surface area contributed by atoms with Gasteiger partial charge < -0.3 is 10.1 Å². The molecule has 2 rings (SSSR count). The minimum absolute atomic E-state index is 0.0618. The summed E-state index contributed by atoms with van der Waals surface area (Å²) in [5.74, 6) is -1.02. The fraction of sp³-hybridized carbons (Fsp3) is 0.357. The Balaban J connectivity index is 1.92. The Morgan fingerprint density at radius 1 is 1.38 bits per heavy atom. The highest BCUT2D eigenvalue weighted by Gasteiger charge is 2.36. The number of amidine groups is 1. The second-order valence-corrected chi connectivity index (χ2v) is 6.00. The van der Waals surface area contributed by atoms with Crippen LogP contribution in [0.2, 0.25) is 0 Å². The number of rotatable bonds is 4. The largest absolute Gasteiger partial charge is 0.573 e. The van der Waals surface area contributed by atoms with Gasteiger partial charge in [-0.15, -0.1) is 13.2 Å². The van der Waals surface area contributed by atoms with E-state index >= 15 is 0 Å². The lowest BCUT2D eigenvalue weighted by Crippen LogP contribution is -2.30. The number of halogens is 3. The summed E-state index contributed by atoms with van der Waals surface area (Å²) in [4.78, 5) is 29.3. The number of hydrogen-bond donors (Lipinski definition) is 1. The molecule has 24 heavy (non-hydrogen) atoms. The zero-order valence-electron chi connectivity index (χ0n) is 12.8. The maximum absolute atomic E-state index is 12.1. The Hall–Kier alpha value is -2.23. The van der Waals surface area contributed by atoms with E-state index in [1.165, 1.54) is 28.8 Å². The zero-order valence-corrected chi connectivity index (χ0v) is 13.6. The van der Waals surface area contributed by atoms with E-state index in [1.54, 1.807) is 14.1 Å². The third-order valence-corrected chi connectivity index (χ3v) is 4.39. The maximum Gasteiger partial charge on any atom is 0.573 e. The predicted molar refractivity (Wildman–Crippen MR) is 83.9 cm³/mol. The normalized spacial score (nSPS) is 19.7. The summed E-state index contributed by atoms with van der Waals surface area (Å²) >= 11 is 1.20. The number of amides is 2. The van der Waals surface area contributed by atoms with Crippen molar-refractivity contribution in [2.75, 3.05) is 19.4 Å². The van der Waals surface area contributed by atoms with Crippen LogP contribution in [0.5, 0.6) is 5.75 Å². The van der Waals surface area contributed by atoms with Gasteiger partial charge in [-0.2, -0.15) is 0 Å². The third kappa shape index (κ3) is 4.63. The van der Waals surface area contributed by atoms with Gasteiger partial charge in [-0.1, -0.05) is 11.8 Å². The highest BCUT2D eigenvalue weighted by atomic mass is 32.2. The van der Waals surface area contributed by atoms with Crippen LogP contribution < -0.4 is 10.1 Å². The number of aliphatic imine (C=N–C) groups is 1. The Bertz CT molecular complexity index is 661. The molecule has 1 fully saturated rings. The fourth-order valence-electron chi connectivity index (χ4n) is 2.02. The number of thioether (sulfide) groups is 1. The first-order valence-corrected chi connectivity index (χ1v) is 7.64. The second-order valence-electron chi connectivity index (χ2n) is 4.83. The van der Waals surface area contributed by atoms with Gasteiger partial charge in [0.2, 0.25) is 11.8 Å². The number of hydrogen-bond acceptors (Lipinski definition) is 5. The molecule has 1 saturated heterocycles. The van der Waals surface area contributed by atoms with Crippen LogP contribution in [0.25, 0.3) is 0 Å². The summed E-state index contributed by atoms with van der Waals surface area (Å²) in [6.45, 7) is 0. The van der Waals surface area contributed by atoms with Crippen molar-refractivity contribution in [3.05, 3.63) is 24.3 Å². The van der Waals surface area contributed by atoms with Crippen molar-refractivity contribution in [1.29, 1.82) is 0 Å². The summed E-state index contributed by atoms with van der Waals surface area (Å²) in [6.07, 6.45) is -4.83. The number of carbonyl (C=O) groups excluding carboxylic acids is 2. The van der Waals surface area contributed by atoms with E-state index in [-0.39, 0.29) is 18.1 Å². The molecule has 130 valence electrons. The SMILES string of the molecule is CN=C1SC(CC(=O)Nc2ccc(OC(F)(F)F)cc2)C(=O)N1C. The topological polar surface area (TPSA) is 71.0 Å². The Kier molecular flexibility index (Phi) is 5.37. The van der Waals surface area contributed by atoms with Crippen LogP contribution in [0.4, 0.5) is 18.9 Å². The van der Waals surface area contributed by atoms with E-state index in [1.807, 2.05) is 0 Å². The molecule has 1 aromatic rings. The number of benzene rings is 1. The fourth-order valence-corrected chi connectivity index (χ4v) is 3.12. The van der Waals surface area contributed by atoms with Crippen LogP contribution in [-0.2, 0) is 9.59 Å². The maximum atomic E-state index is 12.1. The average molecular weight is 361 g/mol. The molecule has 1 unspecified atom stereocenters. The molecule has 0 radical (unpaired) electrons. The quantitative estimate of drug-likeness (QED) is 0.894. The van der Waals surface area contributed by atoms with Crippen molar-refractivity contribution in [2.45, 2.75) is 18.0 Å². The van der Waals surface area contributed by atoms with Gasteiger partial charge in [-0.25, -0.2) is 0 Å². The molecule has 1 N–H and O–H groups in total. The Morgan fingerprint density at radius 3 is 2.50 bits per heavy atom. The van der Waals surface area contributed by atoms with Crippen molar-refractivity contribution in [1.82, 2.24) is 4.90 Å². The van der Waals surface area contributed by atoms with Gasteiger partial charge in [0, 0.05) is 26.2 Å². The monoisotopic (exact) mass is 361 g/mol. The van der Waals surface area contributed by atoms with Gasteiger partial charge in [0.15, 0.2) is 5.17 Å². The summed E-state index contributed by atoms with van der Waals surface area (Å²) in [5, 5.41) is 2.49. The first-order valence-electron chi connectivity index (χ1n) is 6.76. The van der Waals surface area contributed by atoms with Crippen molar-refractivity contribution < 1.29 is 27.5 Å². The summed E-state index contributed by atoms with van der Waals surface area (Å²) in [6, 6.07) is 4.75. The highest BCUT2D eigenvalue weighted by Crippen LogP contribution is 2.29. The van der Waals surface area contributed by atoms with Gasteiger partial charge in [0.05, 0.1) is 0 Å². The molecule has 0 saturated carbocycles. The minimum Gasteiger partial charge on any atom is -0.406 e. The number of ether oxygens (including phenoxy) is 1. The van der Waals surface area contributed by atoms with E-state index < -0.39 is 17.5 Å². The first-order chi connectivity index (χ1) is 11.2. The summed E-state index contributed by atoms with van der Waals surface area (Å²) in [5.41, 5.74) is 0.308. The Morgan fingerprint density at radius 2 is 2.00 bits per heavy atom. The molecule has 0 aliphatic carbocycles. The smallest absolute Gasteiger partial charge is 0.406 e. The van der Waals surface area contributed by atoms with E-state index in [2.05, 4.69) is 15.0 Å². The van der Waals surface area contributed by atoms with E-state index in [4.69, 9.17) is 0 Å². The zero-order chi connectivity index (χ0) is 17.9. The van der Waals surface area contributed by atoms with Crippen LogP contribution >= 0.6 is 11.8 Å². The van der Waals surface area contributed by atoms with Crippen molar-refractivity contribution >= 4 is 34.4 Å². The molecule has 0 aromatic heterocycles. The number of nitrogens with zero attached hydrogens (tertiary/aromatic N) is 2. The molecule has 2 amide bonds. The van der Waals surface area contributed by atoms with Crippen LogP contribution in [0, 0.1) is 0 Å². The number of nitrogens with one attached hydrogen (secondary N) is 1. The lowest BCUT2D eigenvalue weighted by atomic mass is 10.2. The van der Waals surface area contributed by atoms with Crippen molar-refractivity contribution in [3.63, 3.8) is 0 Å². The van der Waals surface area contributed by atoms with E-state index in [0.717, 1.165) is 12.1 Å². The molecule has 1 aliphatic rings. The summed E-state index contributed by atoms with van der Waals surface area (Å²) < 4.78 is 39.9. The van der Waals surface area contributed by atoms with Crippen molar-refractivity contribution in [2.24, 2.45) is 4.99 Å². The number of carbonyl (C=O) groups is 2. The highest BCUT2D eigenvalue weighted by molar-refractivity contribution is 8.15. The molecular weight excluding hydrogens is 347 g/mol. The van der Waals surface area contributed by atoms with Crippen LogP contribution in [-0.4, -0.2) is 47.6 Å². The van der Waals surface area contributed by atoms with Gasteiger partial charge in [-0.3, -0.25) is 19.5 Å². The van der Waals surface area contributed by atoms with Gasteiger partial charge in [0.25, 0.3) is 0 Å². The Labute approximate surface area is 140 Å². The van der Waals surface area contributed by atoms with Crippen LogP contribution in [0.1, 0.15) is 6.42 Å². The molecule has 1 aliphatic heterocycles. The van der Waals surface area contributed by atoms with Gasteiger partial charge in [-0.05, 0) is 24.3 Å². The molecule has 10 heteroatoms. The number of alkyl halides is 3. The molecule has 1 aromatic carbocycles. The van der Waals surface area contributed by atoms with Crippen LogP contribution in [0.15, 0.2) is 29.3 Å². The predicted octanol–water partition coefficient (Wildman–Crippen LogP) is 2.47. The molecule has 0 spiro atoms. The van der Waals surface area contributed by atoms with E-state index in [0.29, 0.717) is 10.9 Å². The second kappa shape index (κ2) is 7.12. The number of anilines is 1. The van der Waals surface area contributed by atoms with Crippen LogP contribution in [0.3, 0.4) is 0 Å². The summed E-state index contributed by atoms with van der Waals surface area (Å²) in [7, 11) is 3.13. The standard InChI is InChI=1S/C14H14F3N3O3S/c1-18-13-20(2)12(22)10(24-13)7-11(21)19-8-3-5-9(6-4-8)23-14(15,16)17/h3-6,10H,7H2,1-2H3,(H,19,21).